The molecule has 1 N–H and O–H groups in total. The minimum Gasteiger partial charge on any atom is -0.394 e. The summed E-state index contributed by atoms with van der Waals surface area (Å²) >= 11 is 5.74. The van der Waals surface area contributed by atoms with Crippen LogP contribution in [0.1, 0.15) is 10.9 Å². The third-order valence-electron chi connectivity index (χ3n) is 1.32. The van der Waals surface area contributed by atoms with Gasteiger partial charge in [0.25, 0.3) is 0 Å². The zero-order chi connectivity index (χ0) is 7.40. The van der Waals surface area contributed by atoms with E-state index in [0.717, 1.165) is 5.56 Å². The molecule has 0 fully saturated rings. The number of hydrogen-bond donors (Lipinski definition) is 1. The first kappa shape index (κ1) is 7.58. The van der Waals surface area contributed by atoms with Crippen molar-refractivity contribution < 1.29 is 5.11 Å². The number of hydrogen-bond acceptors (Lipinski definition) is 1. The molecule has 1 aromatic rings. The summed E-state index contributed by atoms with van der Waals surface area (Å²) in [6, 6.07) is 9.52. The van der Waals surface area contributed by atoms with Crippen molar-refractivity contribution in [3.63, 3.8) is 0 Å². The molecule has 54 valence electrons. The molecule has 1 nitrogen and oxygen atoms in total. The Morgan fingerprint density at radius 3 is 2.40 bits per heavy atom. The van der Waals surface area contributed by atoms with E-state index in [0.29, 0.717) is 0 Å². The minimum absolute atomic E-state index is 0.00836. The maximum Gasteiger partial charge on any atom is 0.0816 e. The summed E-state index contributed by atoms with van der Waals surface area (Å²) in [5, 5.41) is 8.39. The quantitative estimate of drug-likeness (QED) is 0.649. The lowest BCUT2D eigenvalue weighted by Crippen LogP contribution is -1.94. The van der Waals surface area contributed by atoms with Gasteiger partial charge in [-0.3, -0.25) is 0 Å². The van der Waals surface area contributed by atoms with E-state index in [1.165, 1.54) is 0 Å². The van der Waals surface area contributed by atoms with E-state index < -0.39 is 0 Å². The highest BCUT2D eigenvalue weighted by atomic mass is 35.5. The molecule has 0 radical (unpaired) electrons. The summed E-state index contributed by atoms with van der Waals surface area (Å²) in [6.45, 7) is -0.00836. The fraction of sp³-hybridized carbons (Fsp3) is 0.250. The molecule has 0 amide bonds. The predicted octanol–water partition coefficient (Wildman–Crippen LogP) is 1.96. The minimum atomic E-state index is -0.263. The van der Waals surface area contributed by atoms with E-state index in [9.17, 15) is 0 Å². The SMILES string of the molecule is OC[C@@H](Cl)c1ccccc1. The van der Waals surface area contributed by atoms with Gasteiger partial charge in [0.2, 0.25) is 0 Å². The van der Waals surface area contributed by atoms with Crippen LogP contribution in [0.25, 0.3) is 0 Å². The van der Waals surface area contributed by atoms with Gasteiger partial charge in [-0.05, 0) is 5.56 Å². The molecule has 0 saturated heterocycles. The molecular formula is C8H9ClO. The highest BCUT2D eigenvalue weighted by molar-refractivity contribution is 6.20. The topological polar surface area (TPSA) is 20.2 Å². The molecule has 0 aliphatic rings. The Kier molecular flexibility index (Phi) is 2.72. The van der Waals surface area contributed by atoms with Crippen LogP contribution in [0.15, 0.2) is 30.3 Å². The first-order valence-electron chi connectivity index (χ1n) is 3.14. The second-order valence-corrected chi connectivity index (χ2v) is 2.59. The Bertz CT molecular complexity index is 186. The summed E-state index contributed by atoms with van der Waals surface area (Å²) < 4.78 is 0. The van der Waals surface area contributed by atoms with Crippen molar-refractivity contribution >= 4 is 11.6 Å². The average Bonchev–Trinajstić information content (AvgIpc) is 2.05. The van der Waals surface area contributed by atoms with Crippen LogP contribution in [0.2, 0.25) is 0 Å². The van der Waals surface area contributed by atoms with Gasteiger partial charge in [0, 0.05) is 0 Å². The third kappa shape index (κ3) is 1.72. The molecule has 1 aromatic carbocycles. The Hall–Kier alpha value is -0.530. The van der Waals surface area contributed by atoms with Crippen LogP contribution in [-0.2, 0) is 0 Å². The van der Waals surface area contributed by atoms with Gasteiger partial charge in [0.1, 0.15) is 0 Å². The van der Waals surface area contributed by atoms with Gasteiger partial charge in [0.05, 0.1) is 12.0 Å². The third-order valence-corrected chi connectivity index (χ3v) is 1.71. The van der Waals surface area contributed by atoms with Crippen molar-refractivity contribution in [1.29, 1.82) is 0 Å². The molecule has 0 aromatic heterocycles. The van der Waals surface area contributed by atoms with Gasteiger partial charge in [0.15, 0.2) is 0 Å². The summed E-state index contributed by atoms with van der Waals surface area (Å²) in [4.78, 5) is 0. The van der Waals surface area contributed by atoms with Crippen LogP contribution in [-0.4, -0.2) is 11.7 Å². The molecule has 0 unspecified atom stereocenters. The largest absolute Gasteiger partial charge is 0.394 e. The number of benzene rings is 1. The highest BCUT2D eigenvalue weighted by Crippen LogP contribution is 2.17. The molecule has 0 bridgehead atoms. The molecule has 0 aliphatic carbocycles. The molecule has 10 heavy (non-hydrogen) atoms. The van der Waals surface area contributed by atoms with Gasteiger partial charge in [-0.15, -0.1) is 11.6 Å². The summed E-state index contributed by atoms with van der Waals surface area (Å²) in [5.41, 5.74) is 0.965. The average molecular weight is 157 g/mol. The number of aliphatic hydroxyl groups is 1. The fourth-order valence-electron chi connectivity index (χ4n) is 0.767. The summed E-state index contributed by atoms with van der Waals surface area (Å²) in [5.74, 6) is 0. The molecule has 0 aliphatic heterocycles. The van der Waals surface area contributed by atoms with Crippen LogP contribution in [0.3, 0.4) is 0 Å². The van der Waals surface area contributed by atoms with Gasteiger partial charge in [-0.25, -0.2) is 0 Å². The van der Waals surface area contributed by atoms with E-state index in [4.69, 9.17) is 16.7 Å². The van der Waals surface area contributed by atoms with Crippen molar-refractivity contribution in [1.82, 2.24) is 0 Å². The van der Waals surface area contributed by atoms with Gasteiger partial charge in [-0.2, -0.15) is 0 Å². The Morgan fingerprint density at radius 2 is 1.90 bits per heavy atom. The van der Waals surface area contributed by atoms with Crippen LogP contribution in [0.4, 0.5) is 0 Å². The van der Waals surface area contributed by atoms with E-state index in [-0.39, 0.29) is 12.0 Å². The van der Waals surface area contributed by atoms with Crippen molar-refractivity contribution in [2.45, 2.75) is 5.38 Å². The lowest BCUT2D eigenvalue weighted by Gasteiger charge is -2.03. The van der Waals surface area contributed by atoms with Crippen molar-refractivity contribution in [2.75, 3.05) is 6.61 Å². The zero-order valence-electron chi connectivity index (χ0n) is 5.50. The molecule has 1 rings (SSSR count). The van der Waals surface area contributed by atoms with Crippen molar-refractivity contribution in [2.24, 2.45) is 0 Å². The van der Waals surface area contributed by atoms with Crippen LogP contribution in [0, 0.1) is 0 Å². The monoisotopic (exact) mass is 156 g/mol. The fourth-order valence-corrected chi connectivity index (χ4v) is 0.913. The number of halogens is 1. The Labute approximate surface area is 65.3 Å². The second kappa shape index (κ2) is 3.59. The van der Waals surface area contributed by atoms with Crippen molar-refractivity contribution in [3.8, 4) is 0 Å². The lowest BCUT2D eigenvalue weighted by atomic mass is 10.2. The van der Waals surface area contributed by atoms with Crippen LogP contribution < -0.4 is 0 Å². The lowest BCUT2D eigenvalue weighted by molar-refractivity contribution is 0.294. The first-order valence-corrected chi connectivity index (χ1v) is 3.58. The molecule has 0 heterocycles. The number of alkyl halides is 1. The molecular weight excluding hydrogens is 148 g/mol. The Morgan fingerprint density at radius 1 is 1.30 bits per heavy atom. The molecule has 0 saturated carbocycles. The van der Waals surface area contributed by atoms with Crippen molar-refractivity contribution in [3.05, 3.63) is 35.9 Å². The van der Waals surface area contributed by atoms with E-state index in [1.807, 2.05) is 30.3 Å². The zero-order valence-corrected chi connectivity index (χ0v) is 6.25. The van der Waals surface area contributed by atoms with Crippen LogP contribution >= 0.6 is 11.6 Å². The number of rotatable bonds is 2. The maximum absolute atomic E-state index is 8.66. The second-order valence-electron chi connectivity index (χ2n) is 2.06. The normalized spacial score (nSPS) is 13.0. The standard InChI is InChI=1S/C8H9ClO/c9-8(6-10)7-4-2-1-3-5-7/h1-5,8,10H,6H2/t8-/m1/s1. The van der Waals surface area contributed by atoms with Gasteiger partial charge >= 0.3 is 0 Å². The van der Waals surface area contributed by atoms with Gasteiger partial charge in [-0.1, -0.05) is 30.3 Å². The van der Waals surface area contributed by atoms with Gasteiger partial charge < -0.3 is 5.11 Å². The summed E-state index contributed by atoms with van der Waals surface area (Å²) in [6.07, 6.45) is 0. The smallest absolute Gasteiger partial charge is 0.0816 e. The van der Waals surface area contributed by atoms with Crippen LogP contribution in [0.5, 0.6) is 0 Å². The van der Waals surface area contributed by atoms with E-state index in [2.05, 4.69) is 0 Å². The molecule has 0 spiro atoms. The summed E-state index contributed by atoms with van der Waals surface area (Å²) in [7, 11) is 0. The molecule has 2 heteroatoms. The maximum atomic E-state index is 8.66. The first-order chi connectivity index (χ1) is 4.84. The number of aliphatic hydroxyl groups excluding tert-OH is 1. The Balaban J connectivity index is 2.75. The predicted molar refractivity (Wildman–Crippen MR) is 42.1 cm³/mol. The van der Waals surface area contributed by atoms with E-state index >= 15 is 0 Å². The van der Waals surface area contributed by atoms with E-state index in [1.54, 1.807) is 0 Å². The highest BCUT2D eigenvalue weighted by Gasteiger charge is 2.02. The molecule has 1 atom stereocenters.